The van der Waals surface area contributed by atoms with Gasteiger partial charge in [0.05, 0.1) is 16.9 Å². The van der Waals surface area contributed by atoms with E-state index in [0.717, 1.165) is 19.6 Å². The Bertz CT molecular complexity index is 742. The number of anilines is 2. The predicted octanol–water partition coefficient (Wildman–Crippen LogP) is 1.99. The molecule has 7 nitrogen and oxygen atoms in total. The molecule has 0 saturated carbocycles. The molecule has 26 heavy (non-hydrogen) atoms. The number of para-hydroxylation sites is 2. The maximum atomic E-state index is 12.2. The Morgan fingerprint density at radius 3 is 2.42 bits per heavy atom. The molecule has 0 aliphatic rings. The first-order chi connectivity index (χ1) is 12.5. The molecule has 0 fully saturated rings. The topological polar surface area (TPSA) is 100 Å². The van der Waals surface area contributed by atoms with Crippen LogP contribution in [0.25, 0.3) is 0 Å². The zero-order valence-electron chi connectivity index (χ0n) is 15.2. The van der Waals surface area contributed by atoms with E-state index in [1.165, 1.54) is 12.3 Å². The second-order valence-electron chi connectivity index (χ2n) is 5.76. The molecule has 2 amide bonds. The summed E-state index contributed by atoms with van der Waals surface area (Å²) in [4.78, 5) is 30.7. The van der Waals surface area contributed by atoms with Crippen LogP contribution in [0.5, 0.6) is 0 Å². The first-order valence-electron chi connectivity index (χ1n) is 8.67. The van der Waals surface area contributed by atoms with E-state index in [4.69, 9.17) is 5.73 Å². The highest BCUT2D eigenvalue weighted by atomic mass is 16.2. The van der Waals surface area contributed by atoms with Crippen molar-refractivity contribution in [3.05, 3.63) is 53.9 Å². The summed E-state index contributed by atoms with van der Waals surface area (Å²) >= 11 is 0. The zero-order chi connectivity index (χ0) is 18.9. The Hall–Kier alpha value is -2.93. The molecule has 1 aromatic carbocycles. The van der Waals surface area contributed by atoms with E-state index in [-0.39, 0.29) is 17.5 Å². The van der Waals surface area contributed by atoms with Crippen molar-refractivity contribution in [2.24, 2.45) is 0 Å². The summed E-state index contributed by atoms with van der Waals surface area (Å²) in [6.07, 6.45) is 1.40. The van der Waals surface area contributed by atoms with Crippen LogP contribution < -0.4 is 16.4 Å². The van der Waals surface area contributed by atoms with Crippen molar-refractivity contribution in [3.8, 4) is 0 Å². The van der Waals surface area contributed by atoms with E-state index in [1.807, 2.05) is 0 Å². The number of nitrogens with one attached hydrogen (secondary N) is 2. The minimum absolute atomic E-state index is 0.205. The normalized spacial score (nSPS) is 10.6. The smallest absolute Gasteiger partial charge is 0.274 e. The van der Waals surface area contributed by atoms with Gasteiger partial charge in [-0.25, -0.2) is 0 Å². The first-order valence-corrected chi connectivity index (χ1v) is 8.67. The van der Waals surface area contributed by atoms with Gasteiger partial charge in [-0.05, 0) is 37.4 Å². The second-order valence-corrected chi connectivity index (χ2v) is 5.76. The molecule has 0 spiro atoms. The molecular weight excluding hydrogens is 330 g/mol. The van der Waals surface area contributed by atoms with Crippen LogP contribution in [0.3, 0.4) is 0 Å². The lowest BCUT2D eigenvalue weighted by molar-refractivity contribution is 0.0946. The van der Waals surface area contributed by atoms with Crippen molar-refractivity contribution in [3.63, 3.8) is 0 Å². The molecule has 1 aromatic heterocycles. The van der Waals surface area contributed by atoms with Crippen LogP contribution >= 0.6 is 0 Å². The number of rotatable bonds is 8. The van der Waals surface area contributed by atoms with Crippen LogP contribution in [0.1, 0.15) is 34.7 Å². The van der Waals surface area contributed by atoms with Crippen molar-refractivity contribution in [1.82, 2.24) is 15.2 Å². The first kappa shape index (κ1) is 19.4. The van der Waals surface area contributed by atoms with Crippen LogP contribution in [-0.2, 0) is 0 Å². The van der Waals surface area contributed by atoms with Crippen LogP contribution in [0.2, 0.25) is 0 Å². The molecule has 0 aliphatic heterocycles. The molecular formula is C19H25N5O2. The average molecular weight is 355 g/mol. The van der Waals surface area contributed by atoms with Crippen molar-refractivity contribution < 1.29 is 9.59 Å². The summed E-state index contributed by atoms with van der Waals surface area (Å²) in [7, 11) is 0. The second kappa shape index (κ2) is 9.53. The fraction of sp³-hybridized carbons (Fsp3) is 0.316. The van der Waals surface area contributed by atoms with Crippen LogP contribution in [0.15, 0.2) is 42.6 Å². The summed E-state index contributed by atoms with van der Waals surface area (Å²) in [5, 5.41) is 5.56. The Morgan fingerprint density at radius 2 is 1.81 bits per heavy atom. The van der Waals surface area contributed by atoms with E-state index in [1.54, 1.807) is 30.3 Å². The zero-order valence-corrected chi connectivity index (χ0v) is 15.2. The van der Waals surface area contributed by atoms with Gasteiger partial charge < -0.3 is 21.3 Å². The number of likely N-dealkylation sites (N-methyl/N-ethyl adjacent to an activating group) is 1. The van der Waals surface area contributed by atoms with Gasteiger partial charge in [0.2, 0.25) is 0 Å². The SMILES string of the molecule is CCN(CC)CCNC(=O)c1ccc(C(=O)Nc2ccccc2N)nc1. The third-order valence-corrected chi connectivity index (χ3v) is 4.08. The molecule has 0 aliphatic carbocycles. The maximum absolute atomic E-state index is 12.2. The van der Waals surface area contributed by atoms with Crippen molar-refractivity contribution >= 4 is 23.2 Å². The molecule has 1 heterocycles. The van der Waals surface area contributed by atoms with Gasteiger partial charge in [0, 0.05) is 19.3 Å². The number of aromatic nitrogens is 1. The Morgan fingerprint density at radius 1 is 1.08 bits per heavy atom. The van der Waals surface area contributed by atoms with E-state index >= 15 is 0 Å². The number of hydrogen-bond acceptors (Lipinski definition) is 5. The van der Waals surface area contributed by atoms with Gasteiger partial charge in [0.15, 0.2) is 0 Å². The highest BCUT2D eigenvalue weighted by Gasteiger charge is 2.11. The van der Waals surface area contributed by atoms with Crippen LogP contribution in [0, 0.1) is 0 Å². The minimum atomic E-state index is -0.378. The summed E-state index contributed by atoms with van der Waals surface area (Å²) in [6, 6.07) is 10.1. The van der Waals surface area contributed by atoms with Crippen LogP contribution in [-0.4, -0.2) is 47.9 Å². The standard InChI is InChI=1S/C19H25N5O2/c1-3-24(4-2)12-11-21-18(25)14-9-10-17(22-13-14)19(26)23-16-8-6-5-7-15(16)20/h5-10,13H,3-4,11-12,20H2,1-2H3,(H,21,25)(H,23,26). The number of nitrogens with two attached hydrogens (primary N) is 1. The summed E-state index contributed by atoms with van der Waals surface area (Å²) < 4.78 is 0. The summed E-state index contributed by atoms with van der Waals surface area (Å²) in [5.74, 6) is -0.583. The molecule has 0 atom stereocenters. The third kappa shape index (κ3) is 5.29. The van der Waals surface area contributed by atoms with Gasteiger partial charge in [0.25, 0.3) is 11.8 Å². The van der Waals surface area contributed by atoms with E-state index in [0.29, 0.717) is 23.5 Å². The van der Waals surface area contributed by atoms with Gasteiger partial charge in [0.1, 0.15) is 5.69 Å². The highest BCUT2D eigenvalue weighted by molar-refractivity contribution is 6.04. The number of hydrogen-bond donors (Lipinski definition) is 3. The van der Waals surface area contributed by atoms with Gasteiger partial charge in [-0.1, -0.05) is 26.0 Å². The van der Waals surface area contributed by atoms with Crippen molar-refractivity contribution in [1.29, 1.82) is 0 Å². The molecule has 0 unspecified atom stereocenters. The number of pyridine rings is 1. The fourth-order valence-corrected chi connectivity index (χ4v) is 2.43. The summed E-state index contributed by atoms with van der Waals surface area (Å²) in [5.41, 5.74) is 7.44. The number of nitrogen functional groups attached to an aromatic ring is 1. The highest BCUT2D eigenvalue weighted by Crippen LogP contribution is 2.17. The Labute approximate surface area is 153 Å². The number of benzene rings is 1. The van der Waals surface area contributed by atoms with Crippen molar-refractivity contribution in [2.45, 2.75) is 13.8 Å². The van der Waals surface area contributed by atoms with Gasteiger partial charge in [-0.15, -0.1) is 0 Å². The van der Waals surface area contributed by atoms with Crippen LogP contribution in [0.4, 0.5) is 11.4 Å². The average Bonchev–Trinajstić information content (AvgIpc) is 2.67. The van der Waals surface area contributed by atoms with E-state index in [2.05, 4.69) is 34.4 Å². The van der Waals surface area contributed by atoms with Gasteiger partial charge >= 0.3 is 0 Å². The molecule has 0 saturated heterocycles. The maximum Gasteiger partial charge on any atom is 0.274 e. The molecule has 0 radical (unpaired) electrons. The molecule has 7 heteroatoms. The predicted molar refractivity (Wildman–Crippen MR) is 103 cm³/mol. The summed E-state index contributed by atoms with van der Waals surface area (Å²) in [6.45, 7) is 7.43. The molecule has 138 valence electrons. The molecule has 0 bridgehead atoms. The monoisotopic (exact) mass is 355 g/mol. The quantitative estimate of drug-likeness (QED) is 0.629. The lowest BCUT2D eigenvalue weighted by Gasteiger charge is -2.17. The Balaban J connectivity index is 1.91. The van der Waals surface area contributed by atoms with Gasteiger partial charge in [-0.2, -0.15) is 0 Å². The lowest BCUT2D eigenvalue weighted by atomic mass is 10.2. The largest absolute Gasteiger partial charge is 0.397 e. The minimum Gasteiger partial charge on any atom is -0.397 e. The Kier molecular flexibility index (Phi) is 7.11. The fourth-order valence-electron chi connectivity index (χ4n) is 2.43. The number of amides is 2. The number of nitrogens with zero attached hydrogens (tertiary/aromatic N) is 2. The number of carbonyl (C=O) groups is 2. The third-order valence-electron chi connectivity index (χ3n) is 4.08. The van der Waals surface area contributed by atoms with Crippen molar-refractivity contribution in [2.75, 3.05) is 37.2 Å². The lowest BCUT2D eigenvalue weighted by Crippen LogP contribution is -2.34. The molecule has 2 rings (SSSR count). The molecule has 2 aromatic rings. The molecule has 4 N–H and O–H groups in total. The number of carbonyl (C=O) groups excluding carboxylic acids is 2. The van der Waals surface area contributed by atoms with Gasteiger partial charge in [-0.3, -0.25) is 14.6 Å². The van der Waals surface area contributed by atoms with E-state index < -0.39 is 0 Å². The van der Waals surface area contributed by atoms with E-state index in [9.17, 15) is 9.59 Å².